The molecule has 170 valence electrons. The Morgan fingerprint density at radius 3 is 2.48 bits per heavy atom. The van der Waals surface area contributed by atoms with E-state index in [2.05, 4.69) is 43.7 Å². The summed E-state index contributed by atoms with van der Waals surface area (Å²) in [6.07, 6.45) is 6.58. The number of nitrogens with zero attached hydrogens (tertiary/aromatic N) is 3. The van der Waals surface area contributed by atoms with Crippen LogP contribution in [0.15, 0.2) is 41.5 Å². The zero-order valence-corrected chi connectivity index (χ0v) is 21.0. The predicted octanol–water partition coefficient (Wildman–Crippen LogP) is 3.61. The largest absolute Gasteiger partial charge is 0.493 e. The zero-order chi connectivity index (χ0) is 21.2. The summed E-state index contributed by atoms with van der Waals surface area (Å²) in [4.78, 5) is 11.3. The second-order valence-corrected chi connectivity index (χ2v) is 7.36. The lowest BCUT2D eigenvalue weighted by atomic mass is 10.1. The number of nitrogens with one attached hydrogen (secondary N) is 2. The fraction of sp³-hybridized carbons (Fsp3) is 0.478. The molecular weight excluding hydrogens is 505 g/mol. The minimum absolute atomic E-state index is 0. The first-order chi connectivity index (χ1) is 14.7. The van der Waals surface area contributed by atoms with Crippen molar-refractivity contribution in [2.45, 2.75) is 32.2 Å². The van der Waals surface area contributed by atoms with Gasteiger partial charge in [-0.25, -0.2) is 4.98 Å². The van der Waals surface area contributed by atoms with Gasteiger partial charge in [-0.3, -0.25) is 4.99 Å². The molecule has 0 radical (unpaired) electrons. The average Bonchev–Trinajstić information content (AvgIpc) is 2.81. The smallest absolute Gasteiger partial charge is 0.191 e. The van der Waals surface area contributed by atoms with Crippen molar-refractivity contribution in [3.63, 3.8) is 0 Å². The molecule has 0 spiro atoms. The highest BCUT2D eigenvalue weighted by atomic mass is 127. The molecule has 8 heteroatoms. The van der Waals surface area contributed by atoms with Gasteiger partial charge in [0.25, 0.3) is 0 Å². The molecule has 31 heavy (non-hydrogen) atoms. The molecule has 1 aromatic heterocycles. The first-order valence-corrected chi connectivity index (χ1v) is 10.6. The zero-order valence-electron chi connectivity index (χ0n) is 18.7. The summed E-state index contributed by atoms with van der Waals surface area (Å²) in [5.41, 5.74) is 2.38. The van der Waals surface area contributed by atoms with Crippen molar-refractivity contribution in [1.82, 2.24) is 15.6 Å². The van der Waals surface area contributed by atoms with Crippen molar-refractivity contribution in [1.29, 1.82) is 0 Å². The van der Waals surface area contributed by atoms with E-state index < -0.39 is 0 Å². The summed E-state index contributed by atoms with van der Waals surface area (Å²) < 4.78 is 10.7. The number of hydrogen-bond donors (Lipinski definition) is 2. The molecule has 1 saturated heterocycles. The fourth-order valence-corrected chi connectivity index (χ4v) is 3.63. The summed E-state index contributed by atoms with van der Waals surface area (Å²) in [5.74, 6) is 3.35. The summed E-state index contributed by atoms with van der Waals surface area (Å²) >= 11 is 0. The quantitative estimate of drug-likeness (QED) is 0.304. The number of methoxy groups -OCH3 is 2. The predicted molar refractivity (Wildman–Crippen MR) is 137 cm³/mol. The van der Waals surface area contributed by atoms with E-state index in [0.717, 1.165) is 49.3 Å². The van der Waals surface area contributed by atoms with Crippen LogP contribution in [0, 0.1) is 0 Å². The number of benzene rings is 1. The molecule has 0 atom stereocenters. The minimum atomic E-state index is 0. The molecule has 0 amide bonds. The molecule has 7 nitrogen and oxygen atoms in total. The Morgan fingerprint density at radius 2 is 1.77 bits per heavy atom. The standard InChI is InChI=1S/C23H33N5O2.HI/c1-24-23(26-12-9-18-7-8-20(29-2)21(15-18)30-3)27-17-19-10-11-25-22(16-19)28-13-5-4-6-14-28;/h7-8,10-11,15-16H,4-6,9,12-14,17H2,1-3H3,(H2,24,26,27);1H. The summed E-state index contributed by atoms with van der Waals surface area (Å²) in [6.45, 7) is 3.68. The van der Waals surface area contributed by atoms with Crippen LogP contribution in [0.1, 0.15) is 30.4 Å². The average molecular weight is 539 g/mol. The summed E-state index contributed by atoms with van der Waals surface area (Å²) in [6, 6.07) is 10.2. The molecule has 0 saturated carbocycles. The number of piperidine rings is 1. The maximum Gasteiger partial charge on any atom is 0.191 e. The number of rotatable bonds is 8. The van der Waals surface area contributed by atoms with Crippen molar-refractivity contribution < 1.29 is 9.47 Å². The third-order valence-electron chi connectivity index (χ3n) is 5.33. The second kappa shape index (κ2) is 13.2. The number of halogens is 1. The Labute approximate surface area is 202 Å². The van der Waals surface area contributed by atoms with Crippen LogP contribution < -0.4 is 25.0 Å². The van der Waals surface area contributed by atoms with Crippen LogP contribution in [0.2, 0.25) is 0 Å². The minimum Gasteiger partial charge on any atom is -0.493 e. The maximum atomic E-state index is 5.38. The normalized spacial score (nSPS) is 13.9. The number of aromatic nitrogens is 1. The van der Waals surface area contributed by atoms with E-state index in [0.29, 0.717) is 6.54 Å². The van der Waals surface area contributed by atoms with E-state index >= 15 is 0 Å². The van der Waals surface area contributed by atoms with Gasteiger partial charge in [0.2, 0.25) is 0 Å². The lowest BCUT2D eigenvalue weighted by Gasteiger charge is -2.28. The van der Waals surface area contributed by atoms with E-state index in [4.69, 9.17) is 9.47 Å². The molecule has 2 N–H and O–H groups in total. The highest BCUT2D eigenvalue weighted by Crippen LogP contribution is 2.27. The third-order valence-corrected chi connectivity index (χ3v) is 5.33. The van der Waals surface area contributed by atoms with Gasteiger partial charge in [-0.05, 0) is 61.1 Å². The van der Waals surface area contributed by atoms with Crippen molar-refractivity contribution in [2.75, 3.05) is 45.8 Å². The van der Waals surface area contributed by atoms with Gasteiger partial charge in [-0.15, -0.1) is 24.0 Å². The maximum absolute atomic E-state index is 5.38. The van der Waals surface area contributed by atoms with Crippen LogP contribution in [0.25, 0.3) is 0 Å². The number of aliphatic imine (C=N–C) groups is 1. The van der Waals surface area contributed by atoms with Gasteiger partial charge < -0.3 is 25.0 Å². The van der Waals surface area contributed by atoms with Gasteiger partial charge in [0.15, 0.2) is 17.5 Å². The Hall–Kier alpha value is -2.23. The highest BCUT2D eigenvalue weighted by Gasteiger charge is 2.12. The molecule has 1 aliphatic heterocycles. The van der Waals surface area contributed by atoms with Gasteiger partial charge in [-0.2, -0.15) is 0 Å². The van der Waals surface area contributed by atoms with Gasteiger partial charge >= 0.3 is 0 Å². The molecule has 1 aromatic carbocycles. The van der Waals surface area contributed by atoms with Gasteiger partial charge in [0, 0.05) is 39.4 Å². The molecule has 1 fully saturated rings. The van der Waals surface area contributed by atoms with Gasteiger partial charge in [-0.1, -0.05) is 6.07 Å². The highest BCUT2D eigenvalue weighted by molar-refractivity contribution is 14.0. The Morgan fingerprint density at radius 1 is 1.00 bits per heavy atom. The Balaban J connectivity index is 0.00000341. The molecule has 1 aliphatic rings. The van der Waals surface area contributed by atoms with E-state index in [9.17, 15) is 0 Å². The van der Waals surface area contributed by atoms with Crippen LogP contribution in [0.5, 0.6) is 11.5 Å². The van der Waals surface area contributed by atoms with Crippen LogP contribution >= 0.6 is 24.0 Å². The molecule has 0 unspecified atom stereocenters. The van der Waals surface area contributed by atoms with Crippen molar-refractivity contribution in [2.24, 2.45) is 4.99 Å². The van der Waals surface area contributed by atoms with Gasteiger partial charge in [0.05, 0.1) is 14.2 Å². The first kappa shape index (κ1) is 25.0. The van der Waals surface area contributed by atoms with Crippen molar-refractivity contribution >= 4 is 35.8 Å². The molecule has 3 rings (SSSR count). The number of anilines is 1. The number of pyridine rings is 1. The number of guanidine groups is 1. The molecule has 2 heterocycles. The summed E-state index contributed by atoms with van der Waals surface area (Å²) in [5, 5.41) is 6.76. The van der Waals surface area contributed by atoms with Crippen molar-refractivity contribution in [3.8, 4) is 11.5 Å². The van der Waals surface area contributed by atoms with Crippen molar-refractivity contribution in [3.05, 3.63) is 47.7 Å². The van der Waals surface area contributed by atoms with E-state index in [1.807, 2.05) is 18.3 Å². The lowest BCUT2D eigenvalue weighted by Crippen LogP contribution is -2.38. The fourth-order valence-electron chi connectivity index (χ4n) is 3.63. The molecule has 2 aromatic rings. The Kier molecular flexibility index (Phi) is 10.7. The number of hydrogen-bond acceptors (Lipinski definition) is 5. The molecular formula is C23H34IN5O2. The topological polar surface area (TPSA) is 71.0 Å². The number of ether oxygens (including phenoxy) is 2. The van der Waals surface area contributed by atoms with Crippen LogP contribution in [-0.2, 0) is 13.0 Å². The van der Waals surface area contributed by atoms with Gasteiger partial charge in [0.1, 0.15) is 5.82 Å². The molecule has 0 bridgehead atoms. The second-order valence-electron chi connectivity index (χ2n) is 7.36. The van der Waals surface area contributed by atoms with E-state index in [-0.39, 0.29) is 24.0 Å². The monoisotopic (exact) mass is 539 g/mol. The van der Waals surface area contributed by atoms with Crippen LogP contribution in [-0.4, -0.2) is 51.8 Å². The van der Waals surface area contributed by atoms with Crippen LogP contribution in [0.4, 0.5) is 5.82 Å². The third kappa shape index (κ3) is 7.45. The molecule has 0 aliphatic carbocycles. The summed E-state index contributed by atoms with van der Waals surface area (Å²) in [7, 11) is 5.09. The SMILES string of the molecule is CN=C(NCCc1ccc(OC)c(OC)c1)NCc1ccnc(N2CCCCC2)c1.I. The van der Waals surface area contributed by atoms with E-state index in [1.54, 1.807) is 21.3 Å². The Bertz CT molecular complexity index is 840. The first-order valence-electron chi connectivity index (χ1n) is 10.6. The van der Waals surface area contributed by atoms with E-state index in [1.165, 1.54) is 30.4 Å². The lowest BCUT2D eigenvalue weighted by molar-refractivity contribution is 0.354. The van der Waals surface area contributed by atoms with Crippen LogP contribution in [0.3, 0.4) is 0 Å².